The van der Waals surface area contributed by atoms with E-state index in [4.69, 9.17) is 11.6 Å². The third-order valence-corrected chi connectivity index (χ3v) is 4.22. The molecule has 112 valence electrons. The van der Waals surface area contributed by atoms with Gasteiger partial charge < -0.3 is 5.32 Å². The molecule has 2 rings (SSSR count). The first-order valence-corrected chi connectivity index (χ1v) is 8.15. The number of amides is 1. The molecule has 0 aliphatic carbocycles. The molecule has 2 nitrogen and oxygen atoms in total. The van der Waals surface area contributed by atoms with Crippen molar-refractivity contribution in [3.05, 3.63) is 65.2 Å². The summed E-state index contributed by atoms with van der Waals surface area (Å²) >= 11 is 7.34. The highest BCUT2D eigenvalue weighted by atomic mass is 35.5. The van der Waals surface area contributed by atoms with E-state index in [2.05, 4.69) is 17.2 Å². The molecule has 22 heavy (non-hydrogen) atoms. The molecule has 4 heteroatoms. The SMILES string of the molecule is CC(Sc1ccc(Cl)cc1)C(=O)NCC#Cc1ccccc1. The molecule has 1 atom stereocenters. The minimum absolute atomic E-state index is 0.0256. The number of carbonyl (C=O) groups excluding carboxylic acids is 1. The Bertz CT molecular complexity index is 674. The number of thioether (sulfide) groups is 1. The highest BCUT2D eigenvalue weighted by molar-refractivity contribution is 8.00. The van der Waals surface area contributed by atoms with Crippen LogP contribution in [0.2, 0.25) is 5.02 Å². The Morgan fingerprint density at radius 1 is 1.18 bits per heavy atom. The van der Waals surface area contributed by atoms with E-state index < -0.39 is 0 Å². The summed E-state index contributed by atoms with van der Waals surface area (Å²) in [5.41, 5.74) is 0.945. The average Bonchev–Trinajstić information content (AvgIpc) is 2.54. The van der Waals surface area contributed by atoms with Crippen LogP contribution in [0.4, 0.5) is 0 Å². The van der Waals surface area contributed by atoms with Gasteiger partial charge in [-0.1, -0.05) is 41.6 Å². The van der Waals surface area contributed by atoms with Crippen LogP contribution in [0, 0.1) is 11.8 Å². The first kappa shape index (κ1) is 16.5. The maximum absolute atomic E-state index is 12.0. The van der Waals surface area contributed by atoms with Gasteiger partial charge in [-0.15, -0.1) is 11.8 Å². The number of rotatable bonds is 4. The van der Waals surface area contributed by atoms with Crippen LogP contribution in [-0.4, -0.2) is 17.7 Å². The zero-order chi connectivity index (χ0) is 15.8. The lowest BCUT2D eigenvalue weighted by Crippen LogP contribution is -2.31. The van der Waals surface area contributed by atoms with Crippen LogP contribution in [0.15, 0.2) is 59.5 Å². The summed E-state index contributed by atoms with van der Waals surface area (Å²) in [7, 11) is 0. The molecule has 0 saturated carbocycles. The third kappa shape index (κ3) is 5.48. The first-order valence-electron chi connectivity index (χ1n) is 6.89. The predicted octanol–water partition coefficient (Wildman–Crippen LogP) is 3.99. The zero-order valence-electron chi connectivity index (χ0n) is 12.2. The van der Waals surface area contributed by atoms with Gasteiger partial charge in [-0.05, 0) is 43.3 Å². The normalized spacial score (nSPS) is 11.2. The van der Waals surface area contributed by atoms with Crippen LogP contribution < -0.4 is 5.32 Å². The van der Waals surface area contributed by atoms with Gasteiger partial charge in [-0.2, -0.15) is 0 Å². The molecule has 0 heterocycles. The fourth-order valence-corrected chi connectivity index (χ4v) is 2.73. The Morgan fingerprint density at radius 2 is 1.86 bits per heavy atom. The Kier molecular flexibility index (Phi) is 6.39. The molecule has 0 saturated heterocycles. The van der Waals surface area contributed by atoms with Gasteiger partial charge in [0.2, 0.25) is 5.91 Å². The van der Waals surface area contributed by atoms with E-state index in [9.17, 15) is 4.79 Å². The largest absolute Gasteiger partial charge is 0.344 e. The number of carbonyl (C=O) groups is 1. The van der Waals surface area contributed by atoms with Gasteiger partial charge in [0.25, 0.3) is 0 Å². The highest BCUT2D eigenvalue weighted by Gasteiger charge is 2.13. The summed E-state index contributed by atoms with van der Waals surface area (Å²) in [6.07, 6.45) is 0. The van der Waals surface area contributed by atoms with Gasteiger partial charge in [0.15, 0.2) is 0 Å². The molecule has 1 unspecified atom stereocenters. The summed E-state index contributed by atoms with van der Waals surface area (Å²) in [5.74, 6) is 5.93. The lowest BCUT2D eigenvalue weighted by atomic mass is 10.2. The third-order valence-electron chi connectivity index (χ3n) is 2.85. The molecule has 0 fully saturated rings. The number of benzene rings is 2. The van der Waals surface area contributed by atoms with E-state index in [0.717, 1.165) is 10.5 Å². The maximum atomic E-state index is 12.0. The quantitative estimate of drug-likeness (QED) is 0.679. The smallest absolute Gasteiger partial charge is 0.233 e. The van der Waals surface area contributed by atoms with Crippen LogP contribution >= 0.6 is 23.4 Å². The molecular weight excluding hydrogens is 314 g/mol. The predicted molar refractivity (Wildman–Crippen MR) is 93.1 cm³/mol. The first-order chi connectivity index (χ1) is 10.6. The van der Waals surface area contributed by atoms with Crippen molar-refractivity contribution < 1.29 is 4.79 Å². The highest BCUT2D eigenvalue weighted by Crippen LogP contribution is 2.24. The molecule has 0 bridgehead atoms. The summed E-state index contributed by atoms with van der Waals surface area (Å²) in [4.78, 5) is 13.0. The Labute approximate surface area is 140 Å². The van der Waals surface area contributed by atoms with Crippen molar-refractivity contribution >= 4 is 29.3 Å². The van der Waals surface area contributed by atoms with Crippen molar-refractivity contribution in [2.24, 2.45) is 0 Å². The Morgan fingerprint density at radius 3 is 2.55 bits per heavy atom. The minimum Gasteiger partial charge on any atom is -0.344 e. The number of halogens is 1. The fraction of sp³-hybridized carbons (Fsp3) is 0.167. The van der Waals surface area contributed by atoms with Crippen molar-refractivity contribution in [3.8, 4) is 11.8 Å². The zero-order valence-corrected chi connectivity index (χ0v) is 13.7. The lowest BCUT2D eigenvalue weighted by molar-refractivity contribution is -0.120. The van der Waals surface area contributed by atoms with Crippen molar-refractivity contribution in [2.75, 3.05) is 6.54 Å². The Hall–Kier alpha value is -1.89. The van der Waals surface area contributed by atoms with Crippen LogP contribution in [0.3, 0.4) is 0 Å². The molecule has 0 spiro atoms. The molecule has 0 aromatic heterocycles. The van der Waals surface area contributed by atoms with E-state index in [1.807, 2.05) is 61.5 Å². The van der Waals surface area contributed by atoms with Gasteiger partial charge in [-0.3, -0.25) is 4.79 Å². The monoisotopic (exact) mass is 329 g/mol. The van der Waals surface area contributed by atoms with Gasteiger partial charge in [0.05, 0.1) is 11.8 Å². The molecule has 2 aromatic rings. The summed E-state index contributed by atoms with van der Waals surface area (Å²) < 4.78 is 0. The summed E-state index contributed by atoms with van der Waals surface area (Å²) in [5, 5.41) is 3.34. The van der Waals surface area contributed by atoms with E-state index in [-0.39, 0.29) is 11.2 Å². The number of nitrogens with one attached hydrogen (secondary N) is 1. The Balaban J connectivity index is 1.79. The van der Waals surface area contributed by atoms with Crippen LogP contribution in [0.25, 0.3) is 0 Å². The van der Waals surface area contributed by atoms with Crippen LogP contribution in [0.1, 0.15) is 12.5 Å². The molecule has 1 N–H and O–H groups in total. The molecule has 2 aromatic carbocycles. The summed E-state index contributed by atoms with van der Waals surface area (Å²) in [6, 6.07) is 17.2. The number of hydrogen-bond acceptors (Lipinski definition) is 2. The molecule has 1 amide bonds. The van der Waals surface area contributed by atoms with E-state index >= 15 is 0 Å². The lowest BCUT2D eigenvalue weighted by Gasteiger charge is -2.10. The topological polar surface area (TPSA) is 29.1 Å². The molecule has 0 aliphatic rings. The van der Waals surface area contributed by atoms with E-state index in [1.54, 1.807) is 0 Å². The van der Waals surface area contributed by atoms with Gasteiger partial charge in [0.1, 0.15) is 0 Å². The van der Waals surface area contributed by atoms with Gasteiger partial charge in [0, 0.05) is 15.5 Å². The molecule has 0 radical (unpaired) electrons. The second-order valence-corrected chi connectivity index (χ2v) is 6.45. The van der Waals surface area contributed by atoms with Crippen molar-refractivity contribution in [3.63, 3.8) is 0 Å². The minimum atomic E-state index is -0.181. The maximum Gasteiger partial charge on any atom is 0.233 e. The second-order valence-electron chi connectivity index (χ2n) is 4.60. The second kappa shape index (κ2) is 8.53. The fourth-order valence-electron chi connectivity index (χ4n) is 1.71. The van der Waals surface area contributed by atoms with Crippen LogP contribution in [-0.2, 0) is 4.79 Å². The molecular formula is C18H16ClNOS. The molecule has 0 aliphatic heterocycles. The van der Waals surface area contributed by atoms with Crippen molar-refractivity contribution in [2.45, 2.75) is 17.1 Å². The van der Waals surface area contributed by atoms with Crippen LogP contribution in [0.5, 0.6) is 0 Å². The standard InChI is InChI=1S/C18H16ClNOS/c1-14(22-17-11-9-16(19)10-12-17)18(21)20-13-5-8-15-6-3-2-4-7-15/h2-4,6-7,9-12,14H,13H2,1H3,(H,20,21). The van der Waals surface area contributed by atoms with Crippen molar-refractivity contribution in [1.82, 2.24) is 5.32 Å². The van der Waals surface area contributed by atoms with E-state index in [1.165, 1.54) is 11.8 Å². The summed E-state index contributed by atoms with van der Waals surface area (Å²) in [6.45, 7) is 2.22. The van der Waals surface area contributed by atoms with E-state index in [0.29, 0.717) is 11.6 Å². The van der Waals surface area contributed by atoms with Gasteiger partial charge in [-0.25, -0.2) is 0 Å². The average molecular weight is 330 g/mol. The van der Waals surface area contributed by atoms with Crippen molar-refractivity contribution in [1.29, 1.82) is 0 Å². The number of hydrogen-bond donors (Lipinski definition) is 1. The van der Waals surface area contributed by atoms with Gasteiger partial charge >= 0.3 is 0 Å².